The first-order valence-corrected chi connectivity index (χ1v) is 7.07. The van der Waals surface area contributed by atoms with E-state index in [2.05, 4.69) is 26.8 Å². The monoisotopic (exact) mass is 254 g/mol. The zero-order valence-corrected chi connectivity index (χ0v) is 10.7. The number of benzene rings is 1. The Balaban J connectivity index is 1.93. The van der Waals surface area contributed by atoms with Crippen molar-refractivity contribution in [3.05, 3.63) is 23.8 Å². The third-order valence-corrected chi connectivity index (χ3v) is 4.52. The molecule has 2 aliphatic rings. The van der Waals surface area contributed by atoms with Crippen molar-refractivity contribution in [2.45, 2.75) is 19.3 Å². The fourth-order valence-corrected chi connectivity index (χ4v) is 3.71. The maximum atomic E-state index is 5.77. The van der Waals surface area contributed by atoms with Crippen LogP contribution in [0.2, 0.25) is 0 Å². The van der Waals surface area contributed by atoms with E-state index in [-0.39, 0.29) is 0 Å². The Labute approximate surface area is 106 Å². The number of hydrogen-bond donors (Lipinski definition) is 0. The summed E-state index contributed by atoms with van der Waals surface area (Å²) in [7, 11) is 0. The molecule has 2 heterocycles. The van der Waals surface area contributed by atoms with Crippen molar-refractivity contribution in [2.24, 2.45) is 0 Å². The van der Waals surface area contributed by atoms with E-state index in [1.165, 1.54) is 36.3 Å². The van der Waals surface area contributed by atoms with Crippen LogP contribution in [0, 0.1) is 0 Å². The van der Waals surface area contributed by atoms with Crippen molar-refractivity contribution in [1.82, 2.24) is 0 Å². The lowest BCUT2D eigenvalue weighted by molar-refractivity contribution is 0.800. The normalized spacial score (nSPS) is 17.8. The molecule has 2 aliphatic heterocycles. The van der Waals surface area contributed by atoms with Gasteiger partial charge in [0.2, 0.25) is 0 Å². The van der Waals surface area contributed by atoms with Crippen LogP contribution in [-0.2, 0) is 6.42 Å². The third-order valence-electron chi connectivity index (χ3n) is 3.12. The fourth-order valence-electron chi connectivity index (χ4n) is 2.40. The number of hydrogen-bond acceptors (Lipinski definition) is 3. The summed E-state index contributed by atoms with van der Waals surface area (Å²) < 4.78 is 4.81. The summed E-state index contributed by atoms with van der Waals surface area (Å²) in [5, 5.41) is 0. The first-order valence-electron chi connectivity index (χ1n) is 5.81. The summed E-state index contributed by atoms with van der Waals surface area (Å²) in [6, 6.07) is 6.67. The first kappa shape index (κ1) is 10.6. The topological polar surface area (TPSA) is 6.48 Å². The first-order chi connectivity index (χ1) is 7.90. The Morgan fingerprint density at radius 2 is 2.31 bits per heavy atom. The molecule has 0 aliphatic carbocycles. The van der Waals surface area contributed by atoms with Gasteiger partial charge < -0.3 is 0 Å². The predicted octanol–water partition coefficient (Wildman–Crippen LogP) is 3.45. The third kappa shape index (κ3) is 1.66. The van der Waals surface area contributed by atoms with Gasteiger partial charge in [0.25, 0.3) is 0 Å². The van der Waals surface area contributed by atoms with Crippen LogP contribution in [0.1, 0.15) is 18.4 Å². The van der Waals surface area contributed by atoms with Crippen LogP contribution in [0.15, 0.2) is 18.2 Å². The van der Waals surface area contributed by atoms with E-state index >= 15 is 0 Å². The van der Waals surface area contributed by atoms with Gasteiger partial charge in [-0.25, -0.2) is 0 Å². The van der Waals surface area contributed by atoms with Gasteiger partial charge >= 0.3 is 0 Å². The molecular weight excluding hydrogens is 240 g/mol. The quantitative estimate of drug-likeness (QED) is 0.603. The number of para-hydroxylation sites is 1. The SMILES string of the molecule is ClCCCN1SN2CCCc3cccc1c32. The Hall–Kier alpha value is -0.540. The molecule has 16 heavy (non-hydrogen) atoms. The van der Waals surface area contributed by atoms with Crippen molar-refractivity contribution >= 4 is 35.1 Å². The van der Waals surface area contributed by atoms with Crippen LogP contribution >= 0.6 is 23.7 Å². The lowest BCUT2D eigenvalue weighted by atomic mass is 10.0. The van der Waals surface area contributed by atoms with Crippen molar-refractivity contribution < 1.29 is 0 Å². The molecule has 0 bridgehead atoms. The molecule has 0 unspecified atom stereocenters. The van der Waals surface area contributed by atoms with Crippen LogP contribution < -0.4 is 8.61 Å². The Morgan fingerprint density at radius 1 is 1.38 bits per heavy atom. The van der Waals surface area contributed by atoms with Crippen LogP contribution in [0.4, 0.5) is 11.4 Å². The van der Waals surface area contributed by atoms with E-state index in [0.717, 1.165) is 18.8 Å². The van der Waals surface area contributed by atoms with Crippen molar-refractivity contribution in [3.63, 3.8) is 0 Å². The average molecular weight is 255 g/mol. The van der Waals surface area contributed by atoms with E-state index in [9.17, 15) is 0 Å². The fraction of sp³-hybridized carbons (Fsp3) is 0.500. The van der Waals surface area contributed by atoms with Crippen molar-refractivity contribution in [2.75, 3.05) is 27.6 Å². The van der Waals surface area contributed by atoms with E-state index in [1.54, 1.807) is 0 Å². The van der Waals surface area contributed by atoms with Gasteiger partial charge in [-0.15, -0.1) is 11.6 Å². The zero-order valence-electron chi connectivity index (χ0n) is 9.16. The van der Waals surface area contributed by atoms with Gasteiger partial charge in [0, 0.05) is 19.0 Å². The smallest absolute Gasteiger partial charge is 0.0761 e. The summed E-state index contributed by atoms with van der Waals surface area (Å²) >= 11 is 7.62. The van der Waals surface area contributed by atoms with Gasteiger partial charge in [-0.05, 0) is 30.9 Å². The second-order valence-corrected chi connectivity index (χ2v) is 5.64. The number of rotatable bonds is 3. The molecule has 0 aromatic heterocycles. The number of anilines is 2. The Morgan fingerprint density at radius 3 is 3.19 bits per heavy atom. The molecular formula is C12H15ClN2S. The van der Waals surface area contributed by atoms with Gasteiger partial charge in [-0.1, -0.05) is 12.1 Å². The highest BCUT2D eigenvalue weighted by molar-refractivity contribution is 8.02. The number of halogens is 1. The average Bonchev–Trinajstić information content (AvgIpc) is 2.68. The van der Waals surface area contributed by atoms with E-state index in [4.69, 9.17) is 11.6 Å². The molecule has 1 aromatic carbocycles. The lowest BCUT2D eigenvalue weighted by Gasteiger charge is -2.23. The molecule has 0 radical (unpaired) electrons. The maximum absolute atomic E-state index is 5.77. The van der Waals surface area contributed by atoms with Gasteiger partial charge in [-0.2, -0.15) is 0 Å². The largest absolute Gasteiger partial charge is 0.296 e. The van der Waals surface area contributed by atoms with Crippen molar-refractivity contribution in [1.29, 1.82) is 0 Å². The highest BCUT2D eigenvalue weighted by Crippen LogP contribution is 2.48. The predicted molar refractivity (Wildman–Crippen MR) is 72.4 cm³/mol. The molecule has 0 saturated carbocycles. The molecule has 3 rings (SSSR count). The second kappa shape index (κ2) is 4.38. The molecule has 86 valence electrons. The second-order valence-electron chi connectivity index (χ2n) is 4.22. The minimum Gasteiger partial charge on any atom is -0.296 e. The Bertz CT molecular complexity index is 397. The minimum absolute atomic E-state index is 0.742. The number of alkyl halides is 1. The summed E-state index contributed by atoms with van der Waals surface area (Å²) in [5.74, 6) is 0.742. The van der Waals surface area contributed by atoms with Gasteiger partial charge in [0.1, 0.15) is 0 Å². The van der Waals surface area contributed by atoms with Crippen molar-refractivity contribution in [3.8, 4) is 0 Å². The minimum atomic E-state index is 0.742. The zero-order chi connectivity index (χ0) is 11.0. The van der Waals surface area contributed by atoms with E-state index in [0.29, 0.717) is 0 Å². The lowest BCUT2D eigenvalue weighted by Crippen LogP contribution is -2.21. The molecule has 0 fully saturated rings. The number of nitrogens with zero attached hydrogens (tertiary/aromatic N) is 2. The molecule has 4 heteroatoms. The molecule has 0 spiro atoms. The molecule has 0 atom stereocenters. The van der Waals surface area contributed by atoms with Crippen LogP contribution in [0.3, 0.4) is 0 Å². The molecule has 0 N–H and O–H groups in total. The summed E-state index contributed by atoms with van der Waals surface area (Å²) in [4.78, 5) is 0. The molecule has 1 aromatic rings. The molecule has 0 saturated heterocycles. The highest BCUT2D eigenvalue weighted by Gasteiger charge is 2.31. The maximum Gasteiger partial charge on any atom is 0.0761 e. The van der Waals surface area contributed by atoms with Gasteiger partial charge in [0.05, 0.1) is 23.5 Å². The van der Waals surface area contributed by atoms with Gasteiger partial charge in [0.15, 0.2) is 0 Å². The summed E-state index contributed by atoms with van der Waals surface area (Å²) in [5.41, 5.74) is 4.34. The van der Waals surface area contributed by atoms with Gasteiger partial charge in [-0.3, -0.25) is 8.61 Å². The molecule has 0 amide bonds. The van der Waals surface area contributed by atoms with E-state index in [1.807, 2.05) is 12.1 Å². The Kier molecular flexibility index (Phi) is 2.90. The van der Waals surface area contributed by atoms with Crippen LogP contribution in [-0.4, -0.2) is 19.0 Å². The highest BCUT2D eigenvalue weighted by atomic mass is 35.5. The van der Waals surface area contributed by atoms with Crippen LogP contribution in [0.25, 0.3) is 0 Å². The van der Waals surface area contributed by atoms with E-state index < -0.39 is 0 Å². The summed E-state index contributed by atoms with van der Waals surface area (Å²) in [6.07, 6.45) is 3.54. The summed E-state index contributed by atoms with van der Waals surface area (Å²) in [6.45, 7) is 2.22. The molecule has 2 nitrogen and oxygen atoms in total. The standard InChI is InChI=1S/C12H15ClN2S/c13-7-3-9-14-11-6-1-4-10-5-2-8-15(16-14)12(10)11/h1,4,6H,2-3,5,7-9H2. The van der Waals surface area contributed by atoms with Crippen LogP contribution in [0.5, 0.6) is 0 Å². The number of aryl methyl sites for hydroxylation is 1.